The third-order valence-corrected chi connectivity index (χ3v) is 7.56. The van der Waals surface area contributed by atoms with Gasteiger partial charge >= 0.3 is 0 Å². The molecular formula is C18H22N2O5S. The van der Waals surface area contributed by atoms with Gasteiger partial charge in [-0.2, -0.15) is 4.31 Å². The van der Waals surface area contributed by atoms with Crippen molar-refractivity contribution in [2.45, 2.75) is 18.2 Å². The first-order valence-corrected chi connectivity index (χ1v) is 10.1. The third kappa shape index (κ3) is 2.68. The molecule has 0 amide bonds. The van der Waals surface area contributed by atoms with E-state index < -0.39 is 15.4 Å². The molecule has 0 saturated carbocycles. The fourth-order valence-electron chi connectivity index (χ4n) is 4.17. The molecule has 1 aromatic heterocycles. The summed E-state index contributed by atoms with van der Waals surface area (Å²) in [5.41, 5.74) is 0.628. The first-order valence-electron chi connectivity index (χ1n) is 8.68. The molecule has 2 N–H and O–H groups in total. The number of aliphatic hydroxyl groups excluding tert-OH is 1. The number of rotatable bonds is 3. The van der Waals surface area contributed by atoms with Crippen molar-refractivity contribution in [1.82, 2.24) is 9.29 Å². The predicted octanol–water partition coefficient (Wildman–Crippen LogP) is 0.856. The molecule has 0 unspecified atom stereocenters. The van der Waals surface area contributed by atoms with E-state index in [1.54, 1.807) is 19.1 Å². The molecule has 8 heteroatoms. The van der Waals surface area contributed by atoms with E-state index in [1.165, 1.54) is 16.4 Å². The lowest BCUT2D eigenvalue weighted by atomic mass is 9.76. The van der Waals surface area contributed by atoms with Crippen LogP contribution in [0.2, 0.25) is 0 Å². The van der Waals surface area contributed by atoms with Crippen LogP contribution in [-0.2, 0) is 14.8 Å². The van der Waals surface area contributed by atoms with Gasteiger partial charge in [-0.3, -0.25) is 4.79 Å². The average molecular weight is 378 g/mol. The molecule has 4 rings (SSSR count). The molecule has 26 heavy (non-hydrogen) atoms. The highest BCUT2D eigenvalue weighted by molar-refractivity contribution is 7.89. The molecule has 0 aliphatic carbocycles. The number of aliphatic hydroxyl groups is 1. The van der Waals surface area contributed by atoms with E-state index >= 15 is 0 Å². The highest BCUT2D eigenvalue weighted by atomic mass is 32.2. The van der Waals surface area contributed by atoms with E-state index in [0.29, 0.717) is 30.7 Å². The van der Waals surface area contributed by atoms with Crippen molar-refractivity contribution in [3.05, 3.63) is 40.2 Å². The number of ether oxygens (including phenoxy) is 1. The zero-order valence-corrected chi connectivity index (χ0v) is 15.4. The standard InChI is InChI=1S/C18H22N2O5S/c1-12-6-17(22)19-16-3-2-14(7-15(12)16)26(23,24)20-8-13-4-5-25-11-18(13,9-20)10-21/h2-3,6-7,13,21H,4-5,8-11H2,1H3,(H,19,22)/t13-,18+/m0/s1. The van der Waals surface area contributed by atoms with Crippen LogP contribution in [0.25, 0.3) is 10.9 Å². The summed E-state index contributed by atoms with van der Waals surface area (Å²) in [4.78, 5) is 14.5. The monoisotopic (exact) mass is 378 g/mol. The van der Waals surface area contributed by atoms with Gasteiger partial charge in [-0.05, 0) is 43.0 Å². The fourth-order valence-corrected chi connectivity index (χ4v) is 5.77. The zero-order chi connectivity index (χ0) is 18.5. The lowest BCUT2D eigenvalue weighted by molar-refractivity contribution is -0.0552. The highest BCUT2D eigenvalue weighted by Gasteiger charge is 2.51. The molecule has 0 bridgehead atoms. The number of nitrogens with zero attached hydrogens (tertiary/aromatic N) is 1. The lowest BCUT2D eigenvalue weighted by Crippen LogP contribution is -2.43. The number of fused-ring (bicyclic) bond motifs is 2. The Labute approximate surface area is 151 Å². The minimum Gasteiger partial charge on any atom is -0.396 e. The van der Waals surface area contributed by atoms with Crippen molar-refractivity contribution in [3.63, 3.8) is 0 Å². The van der Waals surface area contributed by atoms with Crippen molar-refractivity contribution >= 4 is 20.9 Å². The quantitative estimate of drug-likeness (QED) is 0.825. The van der Waals surface area contributed by atoms with E-state index in [0.717, 1.165) is 12.0 Å². The highest BCUT2D eigenvalue weighted by Crippen LogP contribution is 2.43. The van der Waals surface area contributed by atoms with Gasteiger partial charge in [0, 0.05) is 42.1 Å². The first-order chi connectivity index (χ1) is 12.4. The molecule has 1 aromatic carbocycles. The van der Waals surface area contributed by atoms with E-state index in [2.05, 4.69) is 4.98 Å². The van der Waals surface area contributed by atoms with Crippen LogP contribution < -0.4 is 5.56 Å². The summed E-state index contributed by atoms with van der Waals surface area (Å²) in [6, 6.07) is 6.23. The predicted molar refractivity (Wildman–Crippen MR) is 96.5 cm³/mol. The van der Waals surface area contributed by atoms with Gasteiger partial charge in [-0.15, -0.1) is 0 Å². The Hall–Kier alpha value is -1.74. The largest absolute Gasteiger partial charge is 0.396 e. The SMILES string of the molecule is Cc1cc(=O)[nH]c2ccc(S(=O)(=O)N3C[C@@H]4CCOC[C@]4(CO)C3)cc12. The molecule has 140 valence electrons. The topological polar surface area (TPSA) is 99.7 Å². The summed E-state index contributed by atoms with van der Waals surface area (Å²) in [6.45, 7) is 3.35. The van der Waals surface area contributed by atoms with Crippen LogP contribution in [0.1, 0.15) is 12.0 Å². The van der Waals surface area contributed by atoms with Gasteiger partial charge in [0.1, 0.15) is 0 Å². The summed E-state index contributed by atoms with van der Waals surface area (Å²) in [5.74, 6) is 0.106. The number of hydrogen-bond acceptors (Lipinski definition) is 5. The second-order valence-corrected chi connectivity index (χ2v) is 9.32. The molecule has 0 radical (unpaired) electrons. The summed E-state index contributed by atoms with van der Waals surface area (Å²) in [6.07, 6.45) is 0.755. The molecule has 0 spiro atoms. The number of H-pyrrole nitrogens is 1. The minimum atomic E-state index is -3.69. The van der Waals surface area contributed by atoms with Gasteiger partial charge in [0.15, 0.2) is 0 Å². The number of nitrogens with one attached hydrogen (secondary N) is 1. The number of sulfonamides is 1. The van der Waals surface area contributed by atoms with Crippen molar-refractivity contribution < 1.29 is 18.3 Å². The van der Waals surface area contributed by atoms with E-state index in [9.17, 15) is 18.3 Å². The number of aromatic amines is 1. The van der Waals surface area contributed by atoms with Crippen LogP contribution in [0.3, 0.4) is 0 Å². The molecule has 2 atom stereocenters. The normalized spacial score (nSPS) is 26.9. The Morgan fingerprint density at radius 1 is 1.38 bits per heavy atom. The second kappa shape index (κ2) is 6.16. The van der Waals surface area contributed by atoms with Gasteiger partial charge in [0.2, 0.25) is 15.6 Å². The van der Waals surface area contributed by atoms with Crippen LogP contribution in [0, 0.1) is 18.3 Å². The van der Waals surface area contributed by atoms with Crippen molar-refractivity contribution in [2.24, 2.45) is 11.3 Å². The molecule has 2 aliphatic rings. The van der Waals surface area contributed by atoms with Crippen LogP contribution in [0.4, 0.5) is 0 Å². The van der Waals surface area contributed by atoms with Crippen LogP contribution >= 0.6 is 0 Å². The smallest absolute Gasteiger partial charge is 0.248 e. The van der Waals surface area contributed by atoms with E-state index in [4.69, 9.17) is 4.74 Å². The molecule has 2 aromatic rings. The Kier molecular flexibility index (Phi) is 4.18. The first kappa shape index (κ1) is 17.7. The summed E-state index contributed by atoms with van der Waals surface area (Å²) >= 11 is 0. The Bertz CT molecular complexity index is 1020. The maximum atomic E-state index is 13.2. The van der Waals surface area contributed by atoms with Gasteiger partial charge < -0.3 is 14.8 Å². The molecular weight excluding hydrogens is 356 g/mol. The van der Waals surface area contributed by atoms with E-state index in [-0.39, 0.29) is 29.5 Å². The number of benzene rings is 1. The molecule has 2 saturated heterocycles. The Morgan fingerprint density at radius 2 is 2.19 bits per heavy atom. The maximum absolute atomic E-state index is 13.2. The van der Waals surface area contributed by atoms with Gasteiger partial charge in [0.05, 0.1) is 18.1 Å². The summed E-state index contributed by atoms with van der Waals surface area (Å²) in [5, 5.41) is 10.6. The number of hydrogen-bond donors (Lipinski definition) is 2. The third-order valence-electron chi connectivity index (χ3n) is 5.76. The number of aryl methyl sites for hydroxylation is 1. The van der Waals surface area contributed by atoms with Crippen molar-refractivity contribution in [2.75, 3.05) is 32.9 Å². The van der Waals surface area contributed by atoms with Gasteiger partial charge in [-0.25, -0.2) is 8.42 Å². The Balaban J connectivity index is 1.73. The van der Waals surface area contributed by atoms with Crippen LogP contribution in [0.15, 0.2) is 34.0 Å². The molecule has 7 nitrogen and oxygen atoms in total. The summed E-state index contributed by atoms with van der Waals surface area (Å²) in [7, 11) is -3.69. The average Bonchev–Trinajstić information content (AvgIpc) is 3.02. The molecule has 2 aliphatic heterocycles. The van der Waals surface area contributed by atoms with Gasteiger partial charge in [0.25, 0.3) is 0 Å². The minimum absolute atomic E-state index is 0.0816. The van der Waals surface area contributed by atoms with Crippen LogP contribution in [-0.4, -0.2) is 55.7 Å². The summed E-state index contributed by atoms with van der Waals surface area (Å²) < 4.78 is 33.4. The van der Waals surface area contributed by atoms with Crippen LogP contribution in [0.5, 0.6) is 0 Å². The van der Waals surface area contributed by atoms with E-state index in [1.807, 2.05) is 0 Å². The number of aromatic nitrogens is 1. The Morgan fingerprint density at radius 3 is 2.92 bits per heavy atom. The maximum Gasteiger partial charge on any atom is 0.248 e. The number of pyridine rings is 1. The zero-order valence-electron chi connectivity index (χ0n) is 14.6. The molecule has 2 fully saturated rings. The molecule has 3 heterocycles. The van der Waals surface area contributed by atoms with Crippen molar-refractivity contribution in [1.29, 1.82) is 0 Å². The van der Waals surface area contributed by atoms with Crippen molar-refractivity contribution in [3.8, 4) is 0 Å². The second-order valence-electron chi connectivity index (χ2n) is 7.38. The van der Waals surface area contributed by atoms with Gasteiger partial charge in [-0.1, -0.05) is 0 Å². The fraction of sp³-hybridized carbons (Fsp3) is 0.500. The lowest BCUT2D eigenvalue weighted by Gasteiger charge is -2.36.